The van der Waals surface area contributed by atoms with E-state index in [1.165, 1.54) is 11.0 Å². The fourth-order valence-electron chi connectivity index (χ4n) is 7.62. The Morgan fingerprint density at radius 3 is 2.52 bits per heavy atom. The van der Waals surface area contributed by atoms with Crippen molar-refractivity contribution < 1.29 is 37.5 Å². The second-order valence-corrected chi connectivity index (χ2v) is 15.1. The molecule has 4 aromatic rings. The van der Waals surface area contributed by atoms with Crippen LogP contribution in [-0.4, -0.2) is 78.6 Å². The fourth-order valence-corrected chi connectivity index (χ4v) is 7.62. The molecule has 3 aliphatic rings. The van der Waals surface area contributed by atoms with Crippen molar-refractivity contribution in [2.45, 2.75) is 89.1 Å². The zero-order valence-corrected chi connectivity index (χ0v) is 31.1. The second-order valence-electron chi connectivity index (χ2n) is 15.1. The van der Waals surface area contributed by atoms with Gasteiger partial charge in [-0.15, -0.1) is 0 Å². The Hall–Kier alpha value is -5.59. The number of aliphatic hydroxyl groups is 1. The summed E-state index contributed by atoms with van der Waals surface area (Å²) in [5.74, 6) is 4.91. The number of nitrogens with zero attached hydrogens (tertiary/aromatic N) is 5. The third-order valence-corrected chi connectivity index (χ3v) is 10.6. The molecule has 0 bridgehead atoms. The van der Waals surface area contributed by atoms with Gasteiger partial charge < -0.3 is 24.6 Å². The summed E-state index contributed by atoms with van der Waals surface area (Å²) >= 11 is 0. The van der Waals surface area contributed by atoms with E-state index in [-0.39, 0.29) is 29.8 Å². The first-order valence-electron chi connectivity index (χ1n) is 18.7. The van der Waals surface area contributed by atoms with Crippen molar-refractivity contribution in [2.24, 2.45) is 0 Å². The molecule has 2 fully saturated rings. The number of hydrogen-bond donors (Lipinski definition) is 3. The molecule has 7 rings (SSSR count). The summed E-state index contributed by atoms with van der Waals surface area (Å²) in [4.78, 5) is 62.4. The highest BCUT2D eigenvalue weighted by Crippen LogP contribution is 2.34. The summed E-state index contributed by atoms with van der Waals surface area (Å²) in [5.41, 5.74) is 1.25. The zero-order chi connectivity index (χ0) is 39.8. The quantitative estimate of drug-likeness (QED) is 0.117. The molecule has 0 radical (unpaired) electrons. The van der Waals surface area contributed by atoms with Gasteiger partial charge in [0.2, 0.25) is 11.8 Å². The Kier molecular flexibility index (Phi) is 10.7. The van der Waals surface area contributed by atoms with Gasteiger partial charge in [0.1, 0.15) is 23.1 Å². The highest BCUT2D eigenvalue weighted by Gasteiger charge is 2.40. The molecular weight excluding hydrogens is 727 g/mol. The molecule has 56 heavy (non-hydrogen) atoms. The van der Waals surface area contributed by atoms with E-state index in [0.717, 1.165) is 74.3 Å². The van der Waals surface area contributed by atoms with Gasteiger partial charge in [0.05, 0.1) is 17.0 Å². The normalized spacial score (nSPS) is 18.1. The first-order valence-corrected chi connectivity index (χ1v) is 18.7. The first-order chi connectivity index (χ1) is 26.7. The minimum Gasteiger partial charge on any atom is -0.386 e. The standard InChI is InChI=1S/C41H42F3N7O5/c1-40(2,56)29-21-35-46-31(23-50(35)24-32(29)47-37(53)30-12-8-13-34(45-30)41(42,43)44)26-16-19-49(20-17-26)18-6-4-3-5-9-25-10-7-11-27-28(25)22-51(39(27)55)33-14-15-36(52)48-38(33)54/h7-8,10-13,21,23-24,26,33,56H,3-4,6,14-20,22H2,1-2H3,(H,47,53)(H,48,52,54). The van der Waals surface area contributed by atoms with Crippen LogP contribution in [0.4, 0.5) is 18.9 Å². The Bertz CT molecular complexity index is 2260. The predicted octanol–water partition coefficient (Wildman–Crippen LogP) is 5.39. The summed E-state index contributed by atoms with van der Waals surface area (Å²) < 4.78 is 41.4. The SMILES string of the molecule is CC(C)(O)c1cc2nc(C3CCN(CCCCC#Cc4cccc5c4CN(C4CCC(=O)NC4=O)C5=O)CC3)cn2cc1NC(=O)c1cccc(C(F)(F)F)n1. The molecule has 1 atom stereocenters. The van der Waals surface area contributed by atoms with Crippen LogP contribution in [0.2, 0.25) is 0 Å². The molecule has 6 heterocycles. The van der Waals surface area contributed by atoms with Crippen molar-refractivity contribution in [3.8, 4) is 11.8 Å². The summed E-state index contributed by atoms with van der Waals surface area (Å²) in [7, 11) is 0. The van der Waals surface area contributed by atoms with Crippen LogP contribution in [0.5, 0.6) is 0 Å². The number of benzene rings is 1. The van der Waals surface area contributed by atoms with Gasteiger partial charge in [-0.1, -0.05) is 24.0 Å². The number of amides is 4. The fraction of sp³-hybridized carbons (Fsp3) is 0.415. The van der Waals surface area contributed by atoms with Crippen LogP contribution in [0.1, 0.15) is 114 Å². The van der Waals surface area contributed by atoms with Gasteiger partial charge in [0.15, 0.2) is 0 Å². The molecular formula is C41H42F3N7O5. The van der Waals surface area contributed by atoms with E-state index in [4.69, 9.17) is 4.98 Å². The lowest BCUT2D eigenvalue weighted by atomic mass is 9.94. The van der Waals surface area contributed by atoms with Crippen LogP contribution >= 0.6 is 0 Å². The number of nitrogens with one attached hydrogen (secondary N) is 2. The molecule has 1 unspecified atom stereocenters. The van der Waals surface area contributed by atoms with Gasteiger partial charge in [0, 0.05) is 54.4 Å². The van der Waals surface area contributed by atoms with Crippen molar-refractivity contribution in [1.82, 2.24) is 29.5 Å². The van der Waals surface area contributed by atoms with Crippen molar-refractivity contribution in [3.63, 3.8) is 0 Å². The summed E-state index contributed by atoms with van der Waals surface area (Å²) in [5, 5.41) is 15.9. The van der Waals surface area contributed by atoms with E-state index in [9.17, 15) is 37.5 Å². The van der Waals surface area contributed by atoms with Crippen molar-refractivity contribution in [3.05, 3.63) is 94.2 Å². The number of carbonyl (C=O) groups excluding carboxylic acids is 4. The molecule has 0 aliphatic carbocycles. The molecule has 0 saturated carbocycles. The number of likely N-dealkylation sites (tertiary alicyclic amines) is 1. The highest BCUT2D eigenvalue weighted by molar-refractivity contribution is 6.06. The lowest BCUT2D eigenvalue weighted by Gasteiger charge is -2.31. The van der Waals surface area contributed by atoms with E-state index in [1.54, 1.807) is 42.6 Å². The highest BCUT2D eigenvalue weighted by atomic mass is 19.4. The van der Waals surface area contributed by atoms with Crippen LogP contribution < -0.4 is 10.6 Å². The lowest BCUT2D eigenvalue weighted by Crippen LogP contribution is -2.52. The van der Waals surface area contributed by atoms with Crippen LogP contribution in [0.25, 0.3) is 5.65 Å². The summed E-state index contributed by atoms with van der Waals surface area (Å²) in [6.45, 7) is 6.15. The number of unbranched alkanes of at least 4 members (excludes halogenated alkanes) is 2. The average molecular weight is 770 g/mol. The topological polar surface area (TPSA) is 149 Å². The van der Waals surface area contributed by atoms with E-state index >= 15 is 0 Å². The molecule has 3 aliphatic heterocycles. The lowest BCUT2D eigenvalue weighted by molar-refractivity contribution is -0.141. The largest absolute Gasteiger partial charge is 0.433 e. The smallest absolute Gasteiger partial charge is 0.386 e. The van der Waals surface area contributed by atoms with Crippen LogP contribution in [0, 0.1) is 11.8 Å². The number of fused-ring (bicyclic) bond motifs is 2. The molecule has 292 valence electrons. The van der Waals surface area contributed by atoms with E-state index in [0.29, 0.717) is 36.2 Å². The zero-order valence-electron chi connectivity index (χ0n) is 31.1. The van der Waals surface area contributed by atoms with Gasteiger partial charge in [-0.2, -0.15) is 13.2 Å². The third kappa shape index (κ3) is 8.31. The Balaban J connectivity index is 0.913. The van der Waals surface area contributed by atoms with Crippen molar-refractivity contribution in [2.75, 3.05) is 25.0 Å². The molecule has 1 aromatic carbocycles. The first kappa shape index (κ1) is 38.7. The number of piperidine rings is 2. The predicted molar refractivity (Wildman–Crippen MR) is 199 cm³/mol. The molecule has 12 nitrogen and oxygen atoms in total. The molecule has 15 heteroatoms. The number of imide groups is 1. The summed E-state index contributed by atoms with van der Waals surface area (Å²) in [6, 6.07) is 9.59. The second kappa shape index (κ2) is 15.5. The van der Waals surface area contributed by atoms with Gasteiger partial charge >= 0.3 is 6.18 Å². The number of pyridine rings is 2. The van der Waals surface area contributed by atoms with Gasteiger partial charge in [-0.25, -0.2) is 9.97 Å². The Morgan fingerprint density at radius 1 is 1.02 bits per heavy atom. The number of halogens is 3. The maximum atomic E-state index is 13.2. The van der Waals surface area contributed by atoms with Gasteiger partial charge in [-0.3, -0.25) is 24.5 Å². The van der Waals surface area contributed by atoms with E-state index in [2.05, 4.69) is 32.4 Å². The average Bonchev–Trinajstić information content (AvgIpc) is 3.73. The molecule has 3 aromatic heterocycles. The molecule has 4 amide bonds. The van der Waals surface area contributed by atoms with Crippen molar-refractivity contribution >= 4 is 35.0 Å². The number of anilines is 1. The van der Waals surface area contributed by atoms with E-state index in [1.807, 2.05) is 12.3 Å². The maximum Gasteiger partial charge on any atom is 0.433 e. The van der Waals surface area contributed by atoms with Crippen LogP contribution in [0.3, 0.4) is 0 Å². The van der Waals surface area contributed by atoms with E-state index < -0.39 is 41.0 Å². The number of aromatic nitrogens is 3. The van der Waals surface area contributed by atoms with Gasteiger partial charge in [0.25, 0.3) is 11.8 Å². The third-order valence-electron chi connectivity index (χ3n) is 10.6. The Morgan fingerprint density at radius 2 is 1.79 bits per heavy atom. The number of hydrogen-bond acceptors (Lipinski definition) is 8. The monoisotopic (exact) mass is 769 g/mol. The number of rotatable bonds is 9. The number of alkyl halides is 3. The molecule has 3 N–H and O–H groups in total. The Labute approximate surface area is 321 Å². The van der Waals surface area contributed by atoms with Crippen LogP contribution in [-0.2, 0) is 27.9 Å². The maximum absolute atomic E-state index is 13.2. The number of carbonyl (C=O) groups is 4. The molecule has 2 saturated heterocycles. The van der Waals surface area contributed by atoms with Crippen molar-refractivity contribution in [1.29, 1.82) is 0 Å². The minimum atomic E-state index is -4.70. The number of imidazole rings is 1. The minimum absolute atomic E-state index is 0.207. The van der Waals surface area contributed by atoms with Gasteiger partial charge in [-0.05, 0) is 101 Å². The molecule has 0 spiro atoms. The summed E-state index contributed by atoms with van der Waals surface area (Å²) in [6.07, 6.45) is 3.74. The van der Waals surface area contributed by atoms with Crippen LogP contribution in [0.15, 0.2) is 54.9 Å².